The standard InChI is InChI=1S/C26H21F3N4O3S2/c1-15(19-14-37-23(22(19)34)17-2-4-18(5-3-17)26(27,28)29)32-33-25(36)21-7-6-20(38-21)24(35)31-13-10-16-8-11-30-12-9-16/h2-9,11-12,14,34H,10,13H2,1H3,(H,31,35)(H,33,36). The summed E-state index contributed by atoms with van der Waals surface area (Å²) >= 11 is 2.16. The number of thiophene rings is 2. The van der Waals surface area contributed by atoms with Crippen LogP contribution in [0.4, 0.5) is 13.2 Å². The SMILES string of the molecule is CC(=NNC(=O)c1ccc(C(=O)NCCc2ccncc2)s1)c1csc(-c2ccc(C(F)(F)F)cc2)c1O. The van der Waals surface area contributed by atoms with Gasteiger partial charge in [0.1, 0.15) is 5.75 Å². The Hall–Kier alpha value is -4.03. The van der Waals surface area contributed by atoms with Crippen LogP contribution in [0.3, 0.4) is 0 Å². The highest BCUT2D eigenvalue weighted by atomic mass is 32.1. The Morgan fingerprint density at radius 1 is 1.00 bits per heavy atom. The van der Waals surface area contributed by atoms with Crippen LogP contribution in [0.2, 0.25) is 0 Å². The van der Waals surface area contributed by atoms with Crippen molar-refractivity contribution in [2.24, 2.45) is 5.10 Å². The predicted octanol–water partition coefficient (Wildman–Crippen LogP) is 5.72. The first kappa shape index (κ1) is 27.0. The number of amides is 2. The summed E-state index contributed by atoms with van der Waals surface area (Å²) in [4.78, 5) is 29.9. The molecule has 12 heteroatoms. The second kappa shape index (κ2) is 11.6. The normalized spacial score (nSPS) is 11.8. The molecule has 0 aliphatic heterocycles. The van der Waals surface area contributed by atoms with Crippen LogP contribution >= 0.6 is 22.7 Å². The van der Waals surface area contributed by atoms with E-state index in [2.05, 4.69) is 20.8 Å². The number of hydrogen-bond donors (Lipinski definition) is 3. The molecule has 0 bridgehead atoms. The van der Waals surface area contributed by atoms with Gasteiger partial charge in [0.25, 0.3) is 11.8 Å². The Morgan fingerprint density at radius 2 is 1.66 bits per heavy atom. The van der Waals surface area contributed by atoms with Crippen molar-refractivity contribution in [3.05, 3.63) is 92.7 Å². The van der Waals surface area contributed by atoms with Crippen molar-refractivity contribution in [2.45, 2.75) is 19.5 Å². The molecule has 196 valence electrons. The fourth-order valence-electron chi connectivity index (χ4n) is 3.41. The van der Waals surface area contributed by atoms with Crippen molar-refractivity contribution >= 4 is 40.2 Å². The summed E-state index contributed by atoms with van der Waals surface area (Å²) in [6.07, 6.45) is -0.430. The molecule has 4 rings (SSSR count). The molecule has 2 amide bonds. The maximum Gasteiger partial charge on any atom is 0.416 e. The first-order chi connectivity index (χ1) is 18.1. The van der Waals surface area contributed by atoms with Crippen molar-refractivity contribution < 1.29 is 27.9 Å². The van der Waals surface area contributed by atoms with Gasteiger partial charge in [0.15, 0.2) is 0 Å². The van der Waals surface area contributed by atoms with E-state index in [-0.39, 0.29) is 16.5 Å². The minimum absolute atomic E-state index is 0.146. The number of hydrogen-bond acceptors (Lipinski definition) is 7. The van der Waals surface area contributed by atoms with Crippen molar-refractivity contribution in [3.63, 3.8) is 0 Å². The average Bonchev–Trinajstić information content (AvgIpc) is 3.55. The molecule has 3 aromatic heterocycles. The summed E-state index contributed by atoms with van der Waals surface area (Å²) in [6, 6.07) is 11.3. The highest BCUT2D eigenvalue weighted by molar-refractivity contribution is 7.16. The van der Waals surface area contributed by atoms with Gasteiger partial charge in [-0.1, -0.05) is 12.1 Å². The number of halogens is 3. The fourth-order valence-corrected chi connectivity index (χ4v) is 5.24. The maximum absolute atomic E-state index is 12.8. The molecule has 0 unspecified atom stereocenters. The Labute approximate surface area is 223 Å². The van der Waals surface area contributed by atoms with Crippen LogP contribution in [0.15, 0.2) is 71.4 Å². The van der Waals surface area contributed by atoms with Crippen molar-refractivity contribution in [3.8, 4) is 16.2 Å². The topological polar surface area (TPSA) is 104 Å². The zero-order chi connectivity index (χ0) is 27.3. The molecule has 0 atom stereocenters. The third kappa shape index (κ3) is 6.45. The molecule has 0 spiro atoms. The number of nitrogens with zero attached hydrogens (tertiary/aromatic N) is 2. The number of aromatic hydroxyl groups is 1. The molecule has 0 aliphatic carbocycles. The Bertz CT molecular complexity index is 1460. The molecule has 3 heterocycles. The van der Waals surface area contributed by atoms with E-state index in [0.29, 0.717) is 39.6 Å². The maximum atomic E-state index is 12.8. The summed E-state index contributed by atoms with van der Waals surface area (Å²) in [5.74, 6) is -0.961. The number of aromatic nitrogens is 1. The molecule has 3 N–H and O–H groups in total. The van der Waals surface area contributed by atoms with Gasteiger partial charge in [-0.15, -0.1) is 22.7 Å². The third-order valence-corrected chi connectivity index (χ3v) is 7.56. The van der Waals surface area contributed by atoms with Crippen molar-refractivity contribution in [1.82, 2.24) is 15.7 Å². The van der Waals surface area contributed by atoms with E-state index in [0.717, 1.165) is 40.4 Å². The largest absolute Gasteiger partial charge is 0.506 e. The minimum atomic E-state index is -4.45. The third-order valence-electron chi connectivity index (χ3n) is 5.46. The van der Waals surface area contributed by atoms with Gasteiger partial charge in [0, 0.05) is 24.3 Å². The number of benzene rings is 1. The van der Waals surface area contributed by atoms with Crippen LogP contribution in [-0.4, -0.2) is 34.2 Å². The van der Waals surface area contributed by atoms with Crippen LogP contribution in [0.1, 0.15) is 43.0 Å². The Balaban J connectivity index is 1.36. The first-order valence-corrected chi connectivity index (χ1v) is 12.9. The Kier molecular flexibility index (Phi) is 8.23. The van der Waals surface area contributed by atoms with Crippen LogP contribution in [-0.2, 0) is 12.6 Å². The number of nitrogens with one attached hydrogen (secondary N) is 2. The molecule has 0 fully saturated rings. The molecule has 0 aliphatic rings. The summed E-state index contributed by atoms with van der Waals surface area (Å²) < 4.78 is 38.4. The summed E-state index contributed by atoms with van der Waals surface area (Å²) in [5.41, 5.74) is 3.73. The zero-order valence-corrected chi connectivity index (χ0v) is 21.5. The van der Waals surface area contributed by atoms with E-state index in [4.69, 9.17) is 0 Å². The molecule has 0 radical (unpaired) electrons. The van der Waals surface area contributed by atoms with E-state index in [1.54, 1.807) is 30.8 Å². The molecular weight excluding hydrogens is 537 g/mol. The number of alkyl halides is 3. The van der Waals surface area contributed by atoms with Gasteiger partial charge in [-0.25, -0.2) is 5.43 Å². The monoisotopic (exact) mass is 558 g/mol. The number of rotatable bonds is 8. The van der Waals surface area contributed by atoms with Crippen LogP contribution < -0.4 is 10.7 Å². The number of carbonyl (C=O) groups is 2. The average molecular weight is 559 g/mol. The fraction of sp³-hybridized carbons (Fsp3) is 0.154. The van der Waals surface area contributed by atoms with Gasteiger partial charge in [-0.2, -0.15) is 18.3 Å². The van der Waals surface area contributed by atoms with Crippen LogP contribution in [0.25, 0.3) is 10.4 Å². The highest BCUT2D eigenvalue weighted by Gasteiger charge is 2.30. The number of carbonyl (C=O) groups excluding carboxylic acids is 2. The van der Waals surface area contributed by atoms with Crippen molar-refractivity contribution in [1.29, 1.82) is 0 Å². The lowest BCUT2D eigenvalue weighted by Crippen LogP contribution is -2.24. The van der Waals surface area contributed by atoms with Crippen LogP contribution in [0.5, 0.6) is 5.75 Å². The van der Waals surface area contributed by atoms with E-state index in [1.807, 2.05) is 12.1 Å². The Morgan fingerprint density at radius 3 is 2.32 bits per heavy atom. The lowest BCUT2D eigenvalue weighted by Gasteiger charge is -2.07. The number of pyridine rings is 1. The lowest BCUT2D eigenvalue weighted by molar-refractivity contribution is -0.137. The molecule has 4 aromatic rings. The molecule has 38 heavy (non-hydrogen) atoms. The minimum Gasteiger partial charge on any atom is -0.506 e. The molecule has 0 saturated heterocycles. The van der Waals surface area contributed by atoms with Gasteiger partial charge in [0.2, 0.25) is 0 Å². The van der Waals surface area contributed by atoms with E-state index >= 15 is 0 Å². The quantitative estimate of drug-likeness (QED) is 0.190. The second-order valence-electron chi connectivity index (χ2n) is 8.07. The van der Waals surface area contributed by atoms with Gasteiger partial charge in [-0.05, 0) is 60.9 Å². The van der Waals surface area contributed by atoms with Gasteiger partial charge in [0.05, 0.1) is 31.5 Å². The smallest absolute Gasteiger partial charge is 0.416 e. The van der Waals surface area contributed by atoms with E-state index < -0.39 is 17.6 Å². The van der Waals surface area contributed by atoms with Gasteiger partial charge < -0.3 is 10.4 Å². The number of hydrazone groups is 1. The lowest BCUT2D eigenvalue weighted by atomic mass is 10.1. The molecule has 1 aromatic carbocycles. The zero-order valence-electron chi connectivity index (χ0n) is 19.9. The van der Waals surface area contributed by atoms with E-state index in [9.17, 15) is 27.9 Å². The highest BCUT2D eigenvalue weighted by Crippen LogP contribution is 2.40. The molecule has 7 nitrogen and oxygen atoms in total. The van der Waals surface area contributed by atoms with Gasteiger partial charge >= 0.3 is 6.18 Å². The molecule has 0 saturated carbocycles. The first-order valence-electron chi connectivity index (χ1n) is 11.2. The van der Waals surface area contributed by atoms with E-state index in [1.165, 1.54) is 18.2 Å². The van der Waals surface area contributed by atoms with Crippen LogP contribution in [0, 0.1) is 0 Å². The second-order valence-corrected chi connectivity index (χ2v) is 10.0. The predicted molar refractivity (Wildman–Crippen MR) is 141 cm³/mol. The summed E-state index contributed by atoms with van der Waals surface area (Å²) in [7, 11) is 0. The summed E-state index contributed by atoms with van der Waals surface area (Å²) in [5, 5.41) is 19.1. The molecular formula is C26H21F3N4O3S2. The van der Waals surface area contributed by atoms with Gasteiger partial charge in [-0.3, -0.25) is 14.6 Å². The summed E-state index contributed by atoms with van der Waals surface area (Å²) in [6.45, 7) is 2.01. The van der Waals surface area contributed by atoms with Crippen molar-refractivity contribution in [2.75, 3.05) is 6.54 Å².